The van der Waals surface area contributed by atoms with Crippen molar-refractivity contribution >= 4 is 0 Å². The molecule has 0 unspecified atom stereocenters. The SMILES string of the molecule is Cn1oc(-c2ccccn2)cc1=O. The summed E-state index contributed by atoms with van der Waals surface area (Å²) in [4.78, 5) is 15.1. The van der Waals surface area contributed by atoms with Crippen molar-refractivity contribution in [3.63, 3.8) is 0 Å². The third kappa shape index (κ3) is 1.38. The molecule has 2 rings (SSSR count). The molecule has 0 radical (unpaired) electrons. The number of rotatable bonds is 1. The average Bonchev–Trinajstić information content (AvgIpc) is 2.49. The first-order valence-corrected chi connectivity index (χ1v) is 3.86. The first-order valence-electron chi connectivity index (χ1n) is 3.86. The van der Waals surface area contributed by atoms with Crippen LogP contribution >= 0.6 is 0 Å². The molecule has 0 N–H and O–H groups in total. The molecule has 0 saturated carbocycles. The minimum atomic E-state index is -0.166. The maximum atomic E-state index is 11.1. The zero-order valence-corrected chi connectivity index (χ0v) is 7.10. The van der Waals surface area contributed by atoms with Crippen molar-refractivity contribution in [1.29, 1.82) is 0 Å². The van der Waals surface area contributed by atoms with Gasteiger partial charge in [0.05, 0.1) is 6.07 Å². The Morgan fingerprint density at radius 2 is 2.31 bits per heavy atom. The van der Waals surface area contributed by atoms with E-state index in [9.17, 15) is 4.79 Å². The van der Waals surface area contributed by atoms with E-state index in [2.05, 4.69) is 4.98 Å². The molecule has 0 aliphatic carbocycles. The Hall–Kier alpha value is -1.84. The van der Waals surface area contributed by atoms with Crippen LogP contribution in [0.5, 0.6) is 0 Å². The lowest BCUT2D eigenvalue weighted by Crippen LogP contribution is -2.06. The molecule has 0 saturated heterocycles. The van der Waals surface area contributed by atoms with Gasteiger partial charge in [-0.05, 0) is 12.1 Å². The Labute approximate surface area is 74.4 Å². The largest absolute Gasteiger partial charge is 0.374 e. The standard InChI is InChI=1S/C9H8N2O2/c1-11-9(12)6-8(13-11)7-4-2-3-5-10-7/h2-6H,1H3. The van der Waals surface area contributed by atoms with E-state index in [-0.39, 0.29) is 5.56 Å². The summed E-state index contributed by atoms with van der Waals surface area (Å²) in [6, 6.07) is 6.86. The van der Waals surface area contributed by atoms with Crippen molar-refractivity contribution in [2.24, 2.45) is 7.05 Å². The smallest absolute Gasteiger partial charge is 0.282 e. The van der Waals surface area contributed by atoms with Crippen molar-refractivity contribution in [2.45, 2.75) is 0 Å². The van der Waals surface area contributed by atoms with E-state index < -0.39 is 0 Å². The van der Waals surface area contributed by atoms with Crippen molar-refractivity contribution in [2.75, 3.05) is 0 Å². The fourth-order valence-corrected chi connectivity index (χ4v) is 1.05. The highest BCUT2D eigenvalue weighted by Gasteiger charge is 2.05. The highest BCUT2D eigenvalue weighted by molar-refractivity contribution is 5.50. The molecule has 0 fully saturated rings. The zero-order chi connectivity index (χ0) is 9.26. The second kappa shape index (κ2) is 2.90. The van der Waals surface area contributed by atoms with Crippen LogP contribution in [0.2, 0.25) is 0 Å². The fourth-order valence-electron chi connectivity index (χ4n) is 1.05. The summed E-state index contributed by atoms with van der Waals surface area (Å²) in [6.45, 7) is 0. The summed E-state index contributed by atoms with van der Waals surface area (Å²) in [5.41, 5.74) is 0.501. The van der Waals surface area contributed by atoms with Crippen molar-refractivity contribution in [3.8, 4) is 11.5 Å². The van der Waals surface area contributed by atoms with Gasteiger partial charge in [0, 0.05) is 13.2 Å². The quantitative estimate of drug-likeness (QED) is 0.652. The average molecular weight is 176 g/mol. The molecule has 0 aromatic carbocycles. The van der Waals surface area contributed by atoms with Crippen LogP contribution in [0.25, 0.3) is 11.5 Å². The molecule has 0 aliphatic rings. The predicted molar refractivity (Wildman–Crippen MR) is 47.2 cm³/mol. The molecular formula is C9H8N2O2. The Balaban J connectivity index is 2.54. The summed E-state index contributed by atoms with van der Waals surface area (Å²) in [5, 5.41) is 0. The summed E-state index contributed by atoms with van der Waals surface area (Å²) in [5.74, 6) is 0.494. The molecule has 13 heavy (non-hydrogen) atoms. The molecule has 0 bridgehead atoms. The summed E-state index contributed by atoms with van der Waals surface area (Å²) >= 11 is 0. The second-order valence-electron chi connectivity index (χ2n) is 2.65. The van der Waals surface area contributed by atoms with Crippen LogP contribution in [-0.4, -0.2) is 9.72 Å². The molecule has 2 heterocycles. The van der Waals surface area contributed by atoms with Crippen LogP contribution < -0.4 is 5.56 Å². The molecule has 0 atom stereocenters. The first-order chi connectivity index (χ1) is 6.27. The van der Waals surface area contributed by atoms with Gasteiger partial charge in [-0.25, -0.2) is 0 Å². The highest BCUT2D eigenvalue weighted by Crippen LogP contribution is 2.12. The first kappa shape index (κ1) is 7.79. The third-order valence-electron chi connectivity index (χ3n) is 1.72. The topological polar surface area (TPSA) is 48.0 Å². The van der Waals surface area contributed by atoms with Crippen molar-refractivity contribution < 1.29 is 4.52 Å². The Kier molecular flexibility index (Phi) is 1.73. The van der Waals surface area contributed by atoms with Gasteiger partial charge in [0.1, 0.15) is 5.69 Å². The Morgan fingerprint density at radius 1 is 1.46 bits per heavy atom. The van der Waals surface area contributed by atoms with Gasteiger partial charge in [0.15, 0.2) is 5.76 Å². The van der Waals surface area contributed by atoms with Crippen LogP contribution in [0, 0.1) is 0 Å². The van der Waals surface area contributed by atoms with E-state index >= 15 is 0 Å². The Morgan fingerprint density at radius 3 is 2.85 bits per heavy atom. The van der Waals surface area contributed by atoms with E-state index in [0.717, 1.165) is 0 Å². The van der Waals surface area contributed by atoms with Gasteiger partial charge >= 0.3 is 0 Å². The maximum absolute atomic E-state index is 11.1. The number of nitrogens with zero attached hydrogens (tertiary/aromatic N) is 2. The maximum Gasteiger partial charge on any atom is 0.282 e. The summed E-state index contributed by atoms with van der Waals surface area (Å²) in [6.07, 6.45) is 1.66. The van der Waals surface area contributed by atoms with Gasteiger partial charge in [-0.2, -0.15) is 4.74 Å². The molecule has 4 nitrogen and oxygen atoms in total. The van der Waals surface area contributed by atoms with Gasteiger partial charge in [0.2, 0.25) is 0 Å². The third-order valence-corrected chi connectivity index (χ3v) is 1.72. The summed E-state index contributed by atoms with van der Waals surface area (Å²) in [7, 11) is 1.56. The lowest BCUT2D eigenvalue weighted by molar-refractivity contribution is 0.306. The van der Waals surface area contributed by atoms with Gasteiger partial charge in [0.25, 0.3) is 5.56 Å². The molecule has 2 aromatic heterocycles. The van der Waals surface area contributed by atoms with Crippen LogP contribution in [0.1, 0.15) is 0 Å². The fraction of sp³-hybridized carbons (Fsp3) is 0.111. The summed E-state index contributed by atoms with van der Waals surface area (Å²) < 4.78 is 6.31. The van der Waals surface area contributed by atoms with Crippen molar-refractivity contribution in [1.82, 2.24) is 9.72 Å². The lowest BCUT2D eigenvalue weighted by Gasteiger charge is -1.92. The van der Waals surface area contributed by atoms with E-state index in [1.807, 2.05) is 12.1 Å². The molecule has 0 amide bonds. The normalized spacial score (nSPS) is 10.2. The molecule has 4 heteroatoms. The predicted octanol–water partition coefficient (Wildman–Crippen LogP) is 1.04. The van der Waals surface area contributed by atoms with Gasteiger partial charge in [-0.1, -0.05) is 6.07 Å². The van der Waals surface area contributed by atoms with E-state index in [0.29, 0.717) is 11.5 Å². The van der Waals surface area contributed by atoms with Crippen LogP contribution in [0.15, 0.2) is 39.8 Å². The van der Waals surface area contributed by atoms with Gasteiger partial charge in [-0.15, -0.1) is 0 Å². The minimum Gasteiger partial charge on any atom is -0.374 e. The number of aryl methyl sites for hydroxylation is 1. The number of pyridine rings is 1. The highest BCUT2D eigenvalue weighted by atomic mass is 16.5. The molecular weight excluding hydrogens is 168 g/mol. The number of hydrogen-bond acceptors (Lipinski definition) is 3. The Bertz CT molecular complexity index is 456. The zero-order valence-electron chi connectivity index (χ0n) is 7.10. The van der Waals surface area contributed by atoms with Crippen LogP contribution in [-0.2, 0) is 7.05 Å². The number of hydrogen-bond donors (Lipinski definition) is 0. The second-order valence-corrected chi connectivity index (χ2v) is 2.65. The minimum absolute atomic E-state index is 0.166. The van der Waals surface area contributed by atoms with Crippen LogP contribution in [0.4, 0.5) is 0 Å². The molecule has 66 valence electrons. The molecule has 0 spiro atoms. The molecule has 0 aliphatic heterocycles. The lowest BCUT2D eigenvalue weighted by atomic mass is 10.3. The van der Waals surface area contributed by atoms with E-state index in [4.69, 9.17) is 4.52 Å². The van der Waals surface area contributed by atoms with E-state index in [1.165, 1.54) is 10.8 Å². The van der Waals surface area contributed by atoms with Crippen LogP contribution in [0.3, 0.4) is 0 Å². The van der Waals surface area contributed by atoms with E-state index in [1.54, 1.807) is 19.3 Å². The number of aromatic nitrogens is 2. The van der Waals surface area contributed by atoms with Gasteiger partial charge in [-0.3, -0.25) is 9.78 Å². The molecule has 2 aromatic rings. The van der Waals surface area contributed by atoms with Gasteiger partial charge < -0.3 is 4.52 Å². The monoisotopic (exact) mass is 176 g/mol. The van der Waals surface area contributed by atoms with Crippen molar-refractivity contribution in [3.05, 3.63) is 40.8 Å².